The molecule has 3 N–H and O–H groups in total. The third kappa shape index (κ3) is 2.15. The second-order valence-corrected chi connectivity index (χ2v) is 2.05. The zero-order valence-corrected chi connectivity index (χ0v) is 6.72. The molecule has 0 aromatic rings. The molecule has 0 radical (unpaired) electrons. The average Bonchev–Trinajstić information content (AvgIpc) is 2.03. The monoisotopic (exact) mass is 174 g/mol. The smallest absolute Gasteiger partial charge is 0.179 e. The van der Waals surface area contributed by atoms with Crippen molar-refractivity contribution in [3.63, 3.8) is 0 Å². The Hall–Kier alpha value is -1.72. The van der Waals surface area contributed by atoms with Crippen molar-refractivity contribution in [3.05, 3.63) is 28.4 Å². The van der Waals surface area contributed by atoms with E-state index < -0.39 is 5.76 Å². The number of allylic oxidation sites excluding steroid dienone is 1. The number of aliphatic hydroxyl groups is 3. The van der Waals surface area contributed by atoms with Gasteiger partial charge in [0.25, 0.3) is 0 Å². The minimum atomic E-state index is -0.628. The molecular weight excluding hydrogens is 164 g/mol. The van der Waals surface area contributed by atoms with Crippen LogP contribution in [0.1, 0.15) is 6.92 Å². The van der Waals surface area contributed by atoms with E-state index >= 15 is 0 Å². The summed E-state index contributed by atoms with van der Waals surface area (Å²) in [7, 11) is 1.22. The summed E-state index contributed by atoms with van der Waals surface area (Å²) in [4.78, 5) is 9.98. The van der Waals surface area contributed by atoms with Crippen LogP contribution in [-0.4, -0.2) is 27.4 Å². The molecule has 0 bridgehead atoms. The topological polar surface area (TPSA) is 93.4 Å². The maximum atomic E-state index is 9.98. The van der Waals surface area contributed by atoms with Gasteiger partial charge in [0, 0.05) is 7.05 Å². The fourth-order valence-corrected chi connectivity index (χ4v) is 0.687. The molecule has 0 amide bonds. The Labute approximate surface area is 69.0 Å². The summed E-state index contributed by atoms with van der Waals surface area (Å²) in [6.07, 6.45) is 0.358. The molecule has 6 nitrogen and oxygen atoms in total. The van der Waals surface area contributed by atoms with Crippen LogP contribution >= 0.6 is 0 Å². The van der Waals surface area contributed by atoms with Gasteiger partial charge < -0.3 is 15.3 Å². The molecule has 0 unspecified atom stereocenters. The van der Waals surface area contributed by atoms with Gasteiger partial charge in [-0.3, -0.25) is 0 Å². The van der Waals surface area contributed by atoms with E-state index in [4.69, 9.17) is 15.3 Å². The van der Waals surface area contributed by atoms with Crippen LogP contribution < -0.4 is 0 Å². The molecule has 0 fully saturated rings. The second-order valence-electron chi connectivity index (χ2n) is 2.05. The molecule has 12 heavy (non-hydrogen) atoms. The minimum absolute atomic E-state index is 0.243. The van der Waals surface area contributed by atoms with E-state index in [1.54, 1.807) is 0 Å². The lowest BCUT2D eigenvalue weighted by Crippen LogP contribution is -2.13. The van der Waals surface area contributed by atoms with Gasteiger partial charge in [-0.15, -0.1) is 4.91 Å². The molecule has 0 heterocycles. The fraction of sp³-hybridized carbons (Fsp3) is 0.333. The first-order valence-corrected chi connectivity index (χ1v) is 3.05. The maximum absolute atomic E-state index is 9.98. The molecule has 6 heteroatoms. The minimum Gasteiger partial charge on any atom is -0.512 e. The number of aliphatic hydroxyl groups excluding tert-OH is 3. The van der Waals surface area contributed by atoms with Gasteiger partial charge in [-0.1, -0.05) is 0 Å². The maximum Gasteiger partial charge on any atom is 0.179 e. The molecule has 0 spiro atoms. The van der Waals surface area contributed by atoms with Crippen molar-refractivity contribution >= 4 is 0 Å². The van der Waals surface area contributed by atoms with Gasteiger partial charge in [0.2, 0.25) is 0 Å². The SMILES string of the molecule is C/C(O)=C(/C(O)=C/O)N(C)N=O. The molecule has 0 aromatic heterocycles. The van der Waals surface area contributed by atoms with E-state index in [1.165, 1.54) is 14.0 Å². The highest BCUT2D eigenvalue weighted by molar-refractivity contribution is 5.23. The van der Waals surface area contributed by atoms with Gasteiger partial charge in [-0.25, -0.2) is 5.01 Å². The first-order valence-electron chi connectivity index (χ1n) is 3.05. The van der Waals surface area contributed by atoms with Crippen LogP contribution in [0.5, 0.6) is 0 Å². The normalized spacial score (nSPS) is 13.7. The average molecular weight is 174 g/mol. The van der Waals surface area contributed by atoms with Crippen molar-refractivity contribution < 1.29 is 15.3 Å². The van der Waals surface area contributed by atoms with Crippen molar-refractivity contribution in [2.24, 2.45) is 5.29 Å². The van der Waals surface area contributed by atoms with Crippen LogP contribution in [-0.2, 0) is 0 Å². The molecule has 0 aliphatic heterocycles. The first kappa shape index (κ1) is 10.3. The molecule has 0 saturated heterocycles. The number of nitrogens with zero attached hydrogens (tertiary/aromatic N) is 2. The molecule has 0 rings (SSSR count). The lowest BCUT2D eigenvalue weighted by atomic mass is 10.3. The summed E-state index contributed by atoms with van der Waals surface area (Å²) in [5, 5.41) is 29.4. The van der Waals surface area contributed by atoms with Gasteiger partial charge in [0.15, 0.2) is 5.76 Å². The molecular formula is C6H10N2O4. The molecule has 0 aromatic carbocycles. The van der Waals surface area contributed by atoms with Crippen LogP contribution in [0.15, 0.2) is 28.8 Å². The predicted molar refractivity (Wildman–Crippen MR) is 42.2 cm³/mol. The Morgan fingerprint density at radius 1 is 1.50 bits per heavy atom. The van der Waals surface area contributed by atoms with Crippen LogP contribution in [0, 0.1) is 4.91 Å². The third-order valence-corrected chi connectivity index (χ3v) is 1.15. The van der Waals surface area contributed by atoms with Crippen molar-refractivity contribution in [1.29, 1.82) is 0 Å². The summed E-state index contributed by atoms with van der Waals surface area (Å²) >= 11 is 0. The van der Waals surface area contributed by atoms with E-state index in [0.717, 1.165) is 0 Å². The largest absolute Gasteiger partial charge is 0.512 e. The van der Waals surface area contributed by atoms with Crippen molar-refractivity contribution in [1.82, 2.24) is 5.01 Å². The third-order valence-electron chi connectivity index (χ3n) is 1.15. The van der Waals surface area contributed by atoms with Crippen LogP contribution in [0.25, 0.3) is 0 Å². The molecule has 0 aliphatic carbocycles. The number of nitroso groups, excluding NO2 is 1. The quantitative estimate of drug-likeness (QED) is 0.260. The highest BCUT2D eigenvalue weighted by Gasteiger charge is 2.13. The van der Waals surface area contributed by atoms with E-state index in [2.05, 4.69) is 5.29 Å². The van der Waals surface area contributed by atoms with E-state index in [1.807, 2.05) is 0 Å². The number of likely N-dealkylation sites (N-methyl/N-ethyl adjacent to an activating group) is 1. The fourth-order valence-electron chi connectivity index (χ4n) is 0.687. The number of rotatable bonds is 3. The highest BCUT2D eigenvalue weighted by atomic mass is 16.3. The van der Waals surface area contributed by atoms with Crippen LogP contribution in [0.4, 0.5) is 0 Å². The van der Waals surface area contributed by atoms with E-state index in [9.17, 15) is 4.91 Å². The van der Waals surface area contributed by atoms with Gasteiger partial charge >= 0.3 is 0 Å². The van der Waals surface area contributed by atoms with Crippen molar-refractivity contribution in [3.8, 4) is 0 Å². The Bertz CT molecular complexity index is 230. The highest BCUT2D eigenvalue weighted by Crippen LogP contribution is 2.14. The standard InChI is InChI=1S/C6H10N2O4/c1-4(10)6(5(11)3-9)8(2)7-12/h3,9-11H,1-2H3/b5-3-,6-4+. The second kappa shape index (κ2) is 4.22. The molecule has 68 valence electrons. The molecule has 0 atom stereocenters. The summed E-state index contributed by atoms with van der Waals surface area (Å²) in [6, 6.07) is 0. The Kier molecular flexibility index (Phi) is 3.61. The summed E-state index contributed by atoms with van der Waals surface area (Å²) in [5.74, 6) is -0.947. The zero-order chi connectivity index (χ0) is 9.72. The summed E-state index contributed by atoms with van der Waals surface area (Å²) in [5.41, 5.74) is -0.243. The van der Waals surface area contributed by atoms with E-state index in [0.29, 0.717) is 11.3 Å². The molecule has 0 saturated carbocycles. The van der Waals surface area contributed by atoms with E-state index in [-0.39, 0.29) is 11.5 Å². The Morgan fingerprint density at radius 3 is 2.25 bits per heavy atom. The predicted octanol–water partition coefficient (Wildman–Crippen LogP) is 1.35. The van der Waals surface area contributed by atoms with Gasteiger partial charge in [-0.05, 0) is 6.92 Å². The Morgan fingerprint density at radius 2 is 2.00 bits per heavy atom. The van der Waals surface area contributed by atoms with Gasteiger partial charge in [0.05, 0.1) is 5.29 Å². The Balaban J connectivity index is 4.95. The molecule has 0 aliphatic rings. The lowest BCUT2D eigenvalue weighted by Gasteiger charge is -2.12. The zero-order valence-electron chi connectivity index (χ0n) is 6.72. The summed E-state index contributed by atoms with van der Waals surface area (Å²) in [6.45, 7) is 1.25. The van der Waals surface area contributed by atoms with Gasteiger partial charge in [0.1, 0.15) is 17.7 Å². The first-order chi connectivity index (χ1) is 5.54. The van der Waals surface area contributed by atoms with Crippen molar-refractivity contribution in [2.75, 3.05) is 7.05 Å². The van der Waals surface area contributed by atoms with Crippen LogP contribution in [0.2, 0.25) is 0 Å². The summed E-state index contributed by atoms with van der Waals surface area (Å²) < 4.78 is 0. The lowest BCUT2D eigenvalue weighted by molar-refractivity contribution is 0.296. The van der Waals surface area contributed by atoms with Crippen LogP contribution in [0.3, 0.4) is 0 Å². The number of hydrogen-bond donors (Lipinski definition) is 3. The number of hydrogen-bond acceptors (Lipinski definition) is 5. The van der Waals surface area contributed by atoms with Crippen molar-refractivity contribution in [2.45, 2.75) is 6.92 Å². The van der Waals surface area contributed by atoms with Gasteiger partial charge in [-0.2, -0.15) is 0 Å².